The molecule has 0 saturated heterocycles. The lowest BCUT2D eigenvalue weighted by atomic mass is 10.1. The highest BCUT2D eigenvalue weighted by Gasteiger charge is 2.14. The lowest BCUT2D eigenvalue weighted by Crippen LogP contribution is -2.23. The van der Waals surface area contributed by atoms with Gasteiger partial charge in [0.2, 0.25) is 10.0 Å². The molecule has 2 aromatic carbocycles. The Morgan fingerprint density at radius 3 is 2.60 bits per heavy atom. The molecule has 0 radical (unpaired) electrons. The van der Waals surface area contributed by atoms with Gasteiger partial charge < -0.3 is 0 Å². The van der Waals surface area contributed by atoms with Crippen molar-refractivity contribution in [3.05, 3.63) is 65.2 Å². The van der Waals surface area contributed by atoms with E-state index in [-0.39, 0.29) is 11.4 Å². The number of nitrogens with one attached hydrogen (secondary N) is 1. The predicted octanol–water partition coefficient (Wildman–Crippen LogP) is 2.35. The van der Waals surface area contributed by atoms with Gasteiger partial charge in [0, 0.05) is 6.54 Å². The van der Waals surface area contributed by atoms with Crippen LogP contribution in [-0.4, -0.2) is 8.42 Å². The first-order chi connectivity index (χ1) is 9.53. The largest absolute Gasteiger partial charge is 0.240 e. The van der Waals surface area contributed by atoms with E-state index in [2.05, 4.69) is 4.72 Å². The van der Waals surface area contributed by atoms with E-state index in [9.17, 15) is 8.42 Å². The standard InChI is InChI=1S/C15H14N2O2S/c1-12-5-2-3-7-14(12)11-17-20(18,19)15-8-4-6-13(9-15)10-16/h2-9,17H,11H2,1H3. The number of hydrogen-bond acceptors (Lipinski definition) is 3. The molecule has 2 aromatic rings. The summed E-state index contributed by atoms with van der Waals surface area (Å²) in [5.41, 5.74) is 2.28. The van der Waals surface area contributed by atoms with E-state index in [0.717, 1.165) is 11.1 Å². The Hall–Kier alpha value is -2.16. The molecule has 4 nitrogen and oxygen atoms in total. The minimum atomic E-state index is -3.61. The first kappa shape index (κ1) is 14.3. The quantitative estimate of drug-likeness (QED) is 0.938. The summed E-state index contributed by atoms with van der Waals surface area (Å²) in [7, 11) is -3.61. The minimum Gasteiger partial charge on any atom is -0.207 e. The van der Waals surface area contributed by atoms with Crippen LogP contribution in [-0.2, 0) is 16.6 Å². The van der Waals surface area contributed by atoms with Crippen molar-refractivity contribution < 1.29 is 8.42 Å². The number of nitriles is 1. The van der Waals surface area contributed by atoms with E-state index in [0.29, 0.717) is 5.56 Å². The third-order valence-electron chi connectivity index (χ3n) is 2.99. The summed E-state index contributed by atoms with van der Waals surface area (Å²) in [4.78, 5) is 0.102. The van der Waals surface area contributed by atoms with Crippen LogP contribution in [0.15, 0.2) is 53.4 Å². The van der Waals surface area contributed by atoms with Crippen molar-refractivity contribution in [1.82, 2.24) is 4.72 Å². The van der Waals surface area contributed by atoms with Gasteiger partial charge in [-0.2, -0.15) is 5.26 Å². The van der Waals surface area contributed by atoms with Crippen LogP contribution in [0, 0.1) is 18.3 Å². The summed E-state index contributed by atoms with van der Waals surface area (Å²) >= 11 is 0. The summed E-state index contributed by atoms with van der Waals surface area (Å²) in [6.07, 6.45) is 0. The molecule has 0 aliphatic carbocycles. The second-order valence-electron chi connectivity index (χ2n) is 4.39. The second kappa shape index (κ2) is 5.87. The zero-order chi connectivity index (χ0) is 14.6. The summed E-state index contributed by atoms with van der Waals surface area (Å²) < 4.78 is 26.9. The molecule has 1 N–H and O–H groups in total. The van der Waals surface area contributed by atoms with Gasteiger partial charge in [-0.3, -0.25) is 0 Å². The molecule has 0 aromatic heterocycles. The van der Waals surface area contributed by atoms with E-state index >= 15 is 0 Å². The lowest BCUT2D eigenvalue weighted by molar-refractivity contribution is 0.581. The topological polar surface area (TPSA) is 70.0 Å². The van der Waals surface area contributed by atoms with Gasteiger partial charge in [-0.05, 0) is 36.2 Å². The maximum absolute atomic E-state index is 12.2. The Labute approximate surface area is 118 Å². The van der Waals surface area contributed by atoms with Crippen LogP contribution in [0.25, 0.3) is 0 Å². The van der Waals surface area contributed by atoms with Crippen LogP contribution in [0.3, 0.4) is 0 Å². The predicted molar refractivity (Wildman–Crippen MR) is 76.4 cm³/mol. The van der Waals surface area contributed by atoms with Crippen molar-refractivity contribution in [2.45, 2.75) is 18.4 Å². The molecule has 0 unspecified atom stereocenters. The molecule has 0 fully saturated rings. The normalized spacial score (nSPS) is 11.0. The third-order valence-corrected chi connectivity index (χ3v) is 4.39. The fourth-order valence-corrected chi connectivity index (χ4v) is 2.85. The van der Waals surface area contributed by atoms with Gasteiger partial charge in [0.1, 0.15) is 0 Å². The Balaban J connectivity index is 2.20. The maximum Gasteiger partial charge on any atom is 0.240 e. The molecular formula is C15H14N2O2S. The Morgan fingerprint density at radius 1 is 1.15 bits per heavy atom. The number of nitrogens with zero attached hydrogens (tertiary/aromatic N) is 1. The van der Waals surface area contributed by atoms with E-state index in [1.54, 1.807) is 12.1 Å². The first-order valence-electron chi connectivity index (χ1n) is 6.07. The molecule has 0 aliphatic heterocycles. The fraction of sp³-hybridized carbons (Fsp3) is 0.133. The maximum atomic E-state index is 12.2. The molecule has 0 atom stereocenters. The number of benzene rings is 2. The molecule has 20 heavy (non-hydrogen) atoms. The second-order valence-corrected chi connectivity index (χ2v) is 6.16. The SMILES string of the molecule is Cc1ccccc1CNS(=O)(=O)c1cccc(C#N)c1. The van der Waals surface area contributed by atoms with Crippen molar-refractivity contribution >= 4 is 10.0 Å². The molecule has 0 heterocycles. The summed E-state index contributed by atoms with van der Waals surface area (Å²) in [5, 5.41) is 8.81. The summed E-state index contributed by atoms with van der Waals surface area (Å²) in [5.74, 6) is 0. The highest BCUT2D eigenvalue weighted by atomic mass is 32.2. The lowest BCUT2D eigenvalue weighted by Gasteiger charge is -2.09. The van der Waals surface area contributed by atoms with Gasteiger partial charge in [-0.15, -0.1) is 0 Å². The fourth-order valence-electron chi connectivity index (χ4n) is 1.80. The van der Waals surface area contributed by atoms with E-state index in [1.165, 1.54) is 12.1 Å². The van der Waals surface area contributed by atoms with Gasteiger partial charge in [-0.25, -0.2) is 13.1 Å². The van der Waals surface area contributed by atoms with E-state index < -0.39 is 10.0 Å². The number of aryl methyl sites for hydroxylation is 1. The van der Waals surface area contributed by atoms with Crippen molar-refractivity contribution in [3.8, 4) is 6.07 Å². The van der Waals surface area contributed by atoms with Crippen molar-refractivity contribution in [2.75, 3.05) is 0 Å². The Morgan fingerprint density at radius 2 is 1.90 bits per heavy atom. The molecule has 102 valence electrons. The molecule has 0 bridgehead atoms. The van der Waals surface area contributed by atoms with Gasteiger partial charge in [0.25, 0.3) is 0 Å². The van der Waals surface area contributed by atoms with Gasteiger partial charge in [0.15, 0.2) is 0 Å². The molecular weight excluding hydrogens is 272 g/mol. The van der Waals surface area contributed by atoms with Crippen LogP contribution < -0.4 is 4.72 Å². The number of rotatable bonds is 4. The number of hydrogen-bond donors (Lipinski definition) is 1. The van der Waals surface area contributed by atoms with Crippen LogP contribution in [0.5, 0.6) is 0 Å². The zero-order valence-corrected chi connectivity index (χ0v) is 11.8. The van der Waals surface area contributed by atoms with Gasteiger partial charge in [-0.1, -0.05) is 30.3 Å². The molecule has 5 heteroatoms. The van der Waals surface area contributed by atoms with Crippen LogP contribution >= 0.6 is 0 Å². The van der Waals surface area contributed by atoms with Crippen LogP contribution in [0.4, 0.5) is 0 Å². The Bertz CT molecular complexity index is 761. The average molecular weight is 286 g/mol. The van der Waals surface area contributed by atoms with Crippen molar-refractivity contribution in [3.63, 3.8) is 0 Å². The van der Waals surface area contributed by atoms with E-state index in [4.69, 9.17) is 5.26 Å². The molecule has 0 saturated carbocycles. The van der Waals surface area contributed by atoms with Gasteiger partial charge in [0.05, 0.1) is 16.5 Å². The van der Waals surface area contributed by atoms with E-state index in [1.807, 2.05) is 37.3 Å². The zero-order valence-electron chi connectivity index (χ0n) is 11.0. The van der Waals surface area contributed by atoms with Crippen LogP contribution in [0.1, 0.15) is 16.7 Å². The monoisotopic (exact) mass is 286 g/mol. The third kappa shape index (κ3) is 3.23. The average Bonchev–Trinajstić information content (AvgIpc) is 2.46. The van der Waals surface area contributed by atoms with Crippen molar-refractivity contribution in [2.24, 2.45) is 0 Å². The molecule has 0 aliphatic rings. The first-order valence-corrected chi connectivity index (χ1v) is 7.55. The molecule has 2 rings (SSSR count). The summed E-state index contributed by atoms with van der Waals surface area (Å²) in [6.45, 7) is 2.16. The summed E-state index contributed by atoms with van der Waals surface area (Å²) in [6, 6.07) is 15.5. The number of sulfonamides is 1. The van der Waals surface area contributed by atoms with Gasteiger partial charge >= 0.3 is 0 Å². The molecule has 0 spiro atoms. The van der Waals surface area contributed by atoms with Crippen molar-refractivity contribution in [1.29, 1.82) is 5.26 Å². The Kier molecular flexibility index (Phi) is 4.18. The van der Waals surface area contributed by atoms with Crippen LogP contribution in [0.2, 0.25) is 0 Å². The minimum absolute atomic E-state index is 0.102. The highest BCUT2D eigenvalue weighted by Crippen LogP contribution is 2.13. The smallest absolute Gasteiger partial charge is 0.207 e. The molecule has 0 amide bonds. The highest BCUT2D eigenvalue weighted by molar-refractivity contribution is 7.89.